The fraction of sp³-hybridized carbons (Fsp3) is 0.750. The Morgan fingerprint density at radius 3 is 2.75 bits per heavy atom. The first-order chi connectivity index (χ1) is 7.70. The molecule has 1 aromatic rings. The molecule has 90 valence electrons. The van der Waals surface area contributed by atoms with E-state index in [1.54, 1.807) is 0 Å². The Morgan fingerprint density at radius 2 is 2.25 bits per heavy atom. The van der Waals surface area contributed by atoms with Crippen molar-refractivity contribution >= 4 is 0 Å². The lowest BCUT2D eigenvalue weighted by molar-refractivity contribution is 0.355. The van der Waals surface area contributed by atoms with Gasteiger partial charge in [0.25, 0.3) is 0 Å². The van der Waals surface area contributed by atoms with Crippen LogP contribution in [-0.2, 0) is 13.5 Å². The Labute approximate surface area is 97.2 Å². The lowest BCUT2D eigenvalue weighted by Crippen LogP contribution is -2.42. The Hall–Kier alpha value is -0.870. The third kappa shape index (κ3) is 2.44. The molecule has 1 aliphatic carbocycles. The molecular formula is C12H22N4. The quantitative estimate of drug-likeness (QED) is 0.596. The van der Waals surface area contributed by atoms with Gasteiger partial charge in [0.05, 0.1) is 5.69 Å². The lowest BCUT2D eigenvalue weighted by Gasteiger charge is -2.22. The molecule has 4 heteroatoms. The molecule has 1 saturated carbocycles. The van der Waals surface area contributed by atoms with Gasteiger partial charge in [-0.3, -0.25) is 16.0 Å². The number of nitrogens with zero attached hydrogens (tertiary/aromatic N) is 2. The van der Waals surface area contributed by atoms with E-state index in [4.69, 9.17) is 5.84 Å². The zero-order valence-corrected chi connectivity index (χ0v) is 10.2. The minimum atomic E-state index is 0.400. The van der Waals surface area contributed by atoms with E-state index >= 15 is 0 Å². The number of aryl methyl sites for hydroxylation is 2. The second-order valence-electron chi connectivity index (χ2n) is 4.92. The number of aromatic nitrogens is 2. The fourth-order valence-corrected chi connectivity index (χ4v) is 2.80. The summed E-state index contributed by atoms with van der Waals surface area (Å²) in [6.07, 6.45) is 6.32. The van der Waals surface area contributed by atoms with Crippen molar-refractivity contribution < 1.29 is 0 Å². The van der Waals surface area contributed by atoms with Gasteiger partial charge < -0.3 is 0 Å². The number of hydrazine groups is 1. The van der Waals surface area contributed by atoms with Crippen LogP contribution in [0.25, 0.3) is 0 Å². The maximum absolute atomic E-state index is 5.68. The van der Waals surface area contributed by atoms with Gasteiger partial charge in [-0.2, -0.15) is 5.10 Å². The van der Waals surface area contributed by atoms with E-state index < -0.39 is 0 Å². The van der Waals surface area contributed by atoms with Crippen molar-refractivity contribution in [2.75, 3.05) is 0 Å². The number of nitrogens with two attached hydrogens (primary N) is 1. The Bertz CT molecular complexity index is 339. The SMILES string of the molecule is Cc1cc(CC(NN)C2CCCC2)n(C)n1. The predicted octanol–water partition coefficient (Wildman–Crippen LogP) is 1.29. The van der Waals surface area contributed by atoms with Crippen LogP contribution in [0.1, 0.15) is 37.1 Å². The number of hydrogen-bond acceptors (Lipinski definition) is 3. The summed E-state index contributed by atoms with van der Waals surface area (Å²) in [6, 6.07) is 2.55. The third-order valence-corrected chi connectivity index (χ3v) is 3.71. The summed E-state index contributed by atoms with van der Waals surface area (Å²) < 4.78 is 1.97. The molecule has 0 bridgehead atoms. The van der Waals surface area contributed by atoms with Crippen LogP contribution in [0.4, 0.5) is 0 Å². The molecule has 1 aromatic heterocycles. The first kappa shape index (κ1) is 11.6. The molecule has 0 aromatic carbocycles. The molecule has 1 aliphatic rings. The maximum Gasteiger partial charge on any atom is 0.0596 e. The van der Waals surface area contributed by atoms with E-state index in [0.29, 0.717) is 6.04 Å². The average Bonchev–Trinajstić information content (AvgIpc) is 2.85. The highest BCUT2D eigenvalue weighted by Gasteiger charge is 2.25. The van der Waals surface area contributed by atoms with Gasteiger partial charge in [0, 0.05) is 25.2 Å². The summed E-state index contributed by atoms with van der Waals surface area (Å²) in [5, 5.41) is 4.37. The van der Waals surface area contributed by atoms with Crippen molar-refractivity contribution in [2.24, 2.45) is 18.8 Å². The van der Waals surface area contributed by atoms with Crippen molar-refractivity contribution in [2.45, 2.75) is 45.1 Å². The van der Waals surface area contributed by atoms with Crippen LogP contribution in [0.5, 0.6) is 0 Å². The highest BCUT2D eigenvalue weighted by atomic mass is 15.3. The summed E-state index contributed by atoms with van der Waals surface area (Å²) >= 11 is 0. The van der Waals surface area contributed by atoms with Crippen LogP contribution in [-0.4, -0.2) is 15.8 Å². The summed E-state index contributed by atoms with van der Waals surface area (Å²) in [6.45, 7) is 2.03. The molecule has 16 heavy (non-hydrogen) atoms. The fourth-order valence-electron chi connectivity index (χ4n) is 2.80. The Morgan fingerprint density at radius 1 is 1.56 bits per heavy atom. The largest absolute Gasteiger partial charge is 0.272 e. The summed E-state index contributed by atoms with van der Waals surface area (Å²) in [5.74, 6) is 6.41. The average molecular weight is 222 g/mol. The van der Waals surface area contributed by atoms with Crippen molar-refractivity contribution in [3.63, 3.8) is 0 Å². The number of nitrogens with one attached hydrogen (secondary N) is 1. The summed E-state index contributed by atoms with van der Waals surface area (Å²) in [7, 11) is 2.00. The van der Waals surface area contributed by atoms with Crippen LogP contribution >= 0.6 is 0 Å². The van der Waals surface area contributed by atoms with E-state index in [-0.39, 0.29) is 0 Å². The Kier molecular flexibility index (Phi) is 3.61. The van der Waals surface area contributed by atoms with Crippen molar-refractivity contribution in [3.8, 4) is 0 Å². The molecule has 1 unspecified atom stereocenters. The molecule has 1 fully saturated rings. The summed E-state index contributed by atoms with van der Waals surface area (Å²) in [5.41, 5.74) is 5.34. The number of hydrogen-bond donors (Lipinski definition) is 2. The van der Waals surface area contributed by atoms with E-state index in [9.17, 15) is 0 Å². The molecule has 1 atom stereocenters. The highest BCUT2D eigenvalue weighted by Crippen LogP contribution is 2.28. The minimum absolute atomic E-state index is 0.400. The molecule has 4 nitrogen and oxygen atoms in total. The topological polar surface area (TPSA) is 55.9 Å². The molecular weight excluding hydrogens is 200 g/mol. The highest BCUT2D eigenvalue weighted by molar-refractivity contribution is 5.10. The van der Waals surface area contributed by atoms with E-state index in [0.717, 1.165) is 18.0 Å². The van der Waals surface area contributed by atoms with Crippen LogP contribution in [0, 0.1) is 12.8 Å². The Balaban J connectivity index is 2.03. The molecule has 0 saturated heterocycles. The third-order valence-electron chi connectivity index (χ3n) is 3.71. The van der Waals surface area contributed by atoms with Gasteiger partial charge in [-0.15, -0.1) is 0 Å². The standard InChI is InChI=1S/C12H22N4/c1-9-7-11(16(2)15-9)8-12(14-13)10-5-3-4-6-10/h7,10,12,14H,3-6,8,13H2,1-2H3. The van der Waals surface area contributed by atoms with Gasteiger partial charge in [-0.1, -0.05) is 12.8 Å². The summed E-state index contributed by atoms with van der Waals surface area (Å²) in [4.78, 5) is 0. The van der Waals surface area contributed by atoms with Crippen molar-refractivity contribution in [1.29, 1.82) is 0 Å². The normalized spacial score (nSPS) is 19.2. The van der Waals surface area contributed by atoms with Gasteiger partial charge in [0.2, 0.25) is 0 Å². The van der Waals surface area contributed by atoms with Crippen LogP contribution < -0.4 is 11.3 Å². The zero-order valence-electron chi connectivity index (χ0n) is 10.2. The maximum atomic E-state index is 5.68. The van der Waals surface area contributed by atoms with E-state index in [1.807, 2.05) is 18.7 Å². The monoisotopic (exact) mass is 222 g/mol. The van der Waals surface area contributed by atoms with Gasteiger partial charge in [0.15, 0.2) is 0 Å². The molecule has 3 N–H and O–H groups in total. The zero-order chi connectivity index (χ0) is 11.5. The van der Waals surface area contributed by atoms with Gasteiger partial charge in [-0.05, 0) is 31.7 Å². The smallest absolute Gasteiger partial charge is 0.0596 e. The van der Waals surface area contributed by atoms with Gasteiger partial charge in [0.1, 0.15) is 0 Å². The second kappa shape index (κ2) is 4.97. The van der Waals surface area contributed by atoms with E-state index in [2.05, 4.69) is 16.6 Å². The molecule has 1 heterocycles. The molecule has 2 rings (SSSR count). The van der Waals surface area contributed by atoms with E-state index in [1.165, 1.54) is 31.4 Å². The van der Waals surface area contributed by atoms with Crippen LogP contribution in [0.3, 0.4) is 0 Å². The van der Waals surface area contributed by atoms with Crippen LogP contribution in [0.15, 0.2) is 6.07 Å². The lowest BCUT2D eigenvalue weighted by atomic mass is 9.94. The molecule has 0 spiro atoms. The van der Waals surface area contributed by atoms with Gasteiger partial charge in [-0.25, -0.2) is 0 Å². The van der Waals surface area contributed by atoms with Crippen molar-refractivity contribution in [1.82, 2.24) is 15.2 Å². The molecule has 0 amide bonds. The second-order valence-corrected chi connectivity index (χ2v) is 4.92. The minimum Gasteiger partial charge on any atom is -0.272 e. The first-order valence-corrected chi connectivity index (χ1v) is 6.16. The van der Waals surface area contributed by atoms with Crippen LogP contribution in [0.2, 0.25) is 0 Å². The molecule has 0 aliphatic heterocycles. The number of rotatable bonds is 4. The first-order valence-electron chi connectivity index (χ1n) is 6.16. The van der Waals surface area contributed by atoms with Gasteiger partial charge >= 0.3 is 0 Å². The van der Waals surface area contributed by atoms with Crippen molar-refractivity contribution in [3.05, 3.63) is 17.5 Å². The predicted molar refractivity (Wildman–Crippen MR) is 64.7 cm³/mol. The molecule has 0 radical (unpaired) electrons.